The van der Waals surface area contributed by atoms with Gasteiger partial charge in [0.15, 0.2) is 23.9 Å². The minimum absolute atomic E-state index is 0.106. The number of H-pyrrole nitrogens is 1. The fourth-order valence-corrected chi connectivity index (χ4v) is 4.38. The maximum atomic E-state index is 6.00. The first-order valence-electron chi connectivity index (χ1n) is 13.0. The molecule has 0 saturated heterocycles. The van der Waals surface area contributed by atoms with Crippen molar-refractivity contribution in [1.29, 1.82) is 0 Å². The molecule has 0 aliphatic carbocycles. The number of imidazole rings is 1. The van der Waals surface area contributed by atoms with Gasteiger partial charge < -0.3 is 23.5 Å². The lowest BCUT2D eigenvalue weighted by Gasteiger charge is -2.17. The average molecular weight is 545 g/mol. The van der Waals surface area contributed by atoms with Crippen LogP contribution in [0.5, 0.6) is 11.8 Å². The largest absolute Gasteiger partial charge is 0.445 e. The molecule has 3 aromatic heterocycles. The van der Waals surface area contributed by atoms with Crippen molar-refractivity contribution in [2.24, 2.45) is 0 Å². The van der Waals surface area contributed by atoms with Gasteiger partial charge in [0.1, 0.15) is 11.3 Å². The molecule has 5 rings (SSSR count). The van der Waals surface area contributed by atoms with E-state index in [0.29, 0.717) is 29.3 Å². The van der Waals surface area contributed by atoms with Crippen LogP contribution in [0.4, 0.5) is 0 Å². The number of benzene rings is 2. The number of hydrogen-bond acceptors (Lipinski definition) is 10. The molecule has 3 heterocycles. The molecule has 5 aromatic rings. The molecule has 2 unspecified atom stereocenters. The summed E-state index contributed by atoms with van der Waals surface area (Å²) >= 11 is 0. The Balaban J connectivity index is 1.56. The second-order valence-corrected chi connectivity index (χ2v) is 9.55. The highest BCUT2D eigenvalue weighted by atomic mass is 16.7. The summed E-state index contributed by atoms with van der Waals surface area (Å²) in [5.74, 6) is 2.16. The van der Waals surface area contributed by atoms with Gasteiger partial charge in [-0.3, -0.25) is 0 Å². The van der Waals surface area contributed by atoms with Crippen LogP contribution >= 0.6 is 0 Å². The van der Waals surface area contributed by atoms with Crippen LogP contribution in [0.15, 0.2) is 48.5 Å². The lowest BCUT2D eigenvalue weighted by molar-refractivity contribution is -0.0445. The quantitative estimate of drug-likeness (QED) is 0.235. The van der Waals surface area contributed by atoms with E-state index in [0.717, 1.165) is 28.1 Å². The van der Waals surface area contributed by atoms with E-state index in [9.17, 15) is 0 Å². The predicted octanol–water partition coefficient (Wildman–Crippen LogP) is 4.59. The van der Waals surface area contributed by atoms with Crippen LogP contribution in [0.2, 0.25) is 0 Å². The van der Waals surface area contributed by atoms with E-state index in [1.807, 2.05) is 18.2 Å². The Bertz CT molecular complexity index is 1570. The van der Waals surface area contributed by atoms with Crippen LogP contribution in [0, 0.1) is 0 Å². The molecule has 40 heavy (non-hydrogen) atoms. The molecule has 0 saturated carbocycles. The second-order valence-electron chi connectivity index (χ2n) is 9.55. The van der Waals surface area contributed by atoms with E-state index >= 15 is 0 Å². The van der Waals surface area contributed by atoms with Gasteiger partial charge in [0.05, 0.1) is 0 Å². The van der Waals surface area contributed by atoms with Gasteiger partial charge >= 0.3 is 0 Å². The van der Waals surface area contributed by atoms with Crippen molar-refractivity contribution in [2.45, 2.75) is 52.7 Å². The summed E-state index contributed by atoms with van der Waals surface area (Å²) in [5, 5.41) is 23.0. The molecule has 2 aromatic carbocycles. The summed E-state index contributed by atoms with van der Waals surface area (Å²) < 4.78 is 24.6. The Morgan fingerprint density at radius 3 is 2.08 bits per heavy atom. The first-order valence-corrected chi connectivity index (χ1v) is 13.0. The molecular weight excluding hydrogens is 512 g/mol. The van der Waals surface area contributed by atoms with Gasteiger partial charge in [0, 0.05) is 32.2 Å². The summed E-state index contributed by atoms with van der Waals surface area (Å²) in [6.45, 7) is 8.28. The van der Waals surface area contributed by atoms with Crippen molar-refractivity contribution in [3.8, 4) is 34.3 Å². The Morgan fingerprint density at radius 1 is 0.800 bits per heavy atom. The molecular formula is C28H32N8O4. The number of methoxy groups -OCH3 is 2. The van der Waals surface area contributed by atoms with Crippen LogP contribution in [0.25, 0.3) is 33.5 Å². The third-order valence-corrected chi connectivity index (χ3v) is 6.50. The van der Waals surface area contributed by atoms with Gasteiger partial charge in [-0.15, -0.1) is 15.3 Å². The number of aromatic nitrogens is 8. The average Bonchev–Trinajstić information content (AvgIpc) is 3.64. The smallest absolute Gasteiger partial charge is 0.264 e. The van der Waals surface area contributed by atoms with Crippen molar-refractivity contribution in [1.82, 2.24) is 40.4 Å². The van der Waals surface area contributed by atoms with E-state index in [1.54, 1.807) is 28.1 Å². The summed E-state index contributed by atoms with van der Waals surface area (Å²) in [4.78, 5) is 4.93. The Kier molecular flexibility index (Phi) is 7.99. The minimum atomic E-state index is -0.535. The summed E-state index contributed by atoms with van der Waals surface area (Å²) in [7, 11) is 3.14. The van der Waals surface area contributed by atoms with Crippen LogP contribution in [0.1, 0.15) is 45.0 Å². The Hall–Kier alpha value is -4.42. The highest BCUT2D eigenvalue weighted by Gasteiger charge is 2.25. The fourth-order valence-electron chi connectivity index (χ4n) is 4.38. The van der Waals surface area contributed by atoms with Gasteiger partial charge in [0.25, 0.3) is 11.8 Å². The molecule has 2 atom stereocenters. The van der Waals surface area contributed by atoms with Crippen molar-refractivity contribution >= 4 is 11.0 Å². The number of tetrazole rings is 1. The number of aromatic amines is 1. The number of nitrogens with one attached hydrogen (secondary N) is 1. The van der Waals surface area contributed by atoms with Gasteiger partial charge in [0.2, 0.25) is 0 Å². The number of rotatable bonds is 11. The number of hydrogen-bond donors (Lipinski definition) is 1. The summed E-state index contributed by atoms with van der Waals surface area (Å²) in [5.41, 5.74) is 5.29. The topological polar surface area (TPSA) is 135 Å². The zero-order chi connectivity index (χ0) is 28.2. The third-order valence-electron chi connectivity index (χ3n) is 6.50. The highest BCUT2D eigenvalue weighted by molar-refractivity contribution is 5.85. The molecule has 208 valence electrons. The van der Waals surface area contributed by atoms with Crippen molar-refractivity contribution in [2.75, 3.05) is 14.2 Å². The molecule has 0 amide bonds. The maximum Gasteiger partial charge on any atom is 0.264 e. The maximum absolute atomic E-state index is 6.00. The minimum Gasteiger partial charge on any atom is -0.445 e. The predicted molar refractivity (Wildman–Crippen MR) is 148 cm³/mol. The van der Waals surface area contributed by atoms with Crippen LogP contribution in [0.3, 0.4) is 0 Å². The lowest BCUT2D eigenvalue weighted by atomic mass is 9.98. The monoisotopic (exact) mass is 544 g/mol. The molecule has 12 nitrogen and oxygen atoms in total. The first kappa shape index (κ1) is 27.2. The highest BCUT2D eigenvalue weighted by Crippen LogP contribution is 2.35. The molecule has 1 N–H and O–H groups in total. The van der Waals surface area contributed by atoms with Gasteiger partial charge in [-0.1, -0.05) is 62.4 Å². The SMILES string of the molecule is COC(C)Oc1nnc(OC(C)OC)c2c1nc(C(C)C)n2Cc1ccc(-c2ccccc2-c2nnn[nH]2)cc1. The Morgan fingerprint density at radius 2 is 1.45 bits per heavy atom. The van der Waals surface area contributed by atoms with E-state index in [1.165, 1.54) is 0 Å². The van der Waals surface area contributed by atoms with Crippen LogP contribution in [-0.2, 0) is 16.0 Å². The van der Waals surface area contributed by atoms with Crippen LogP contribution < -0.4 is 9.47 Å². The summed E-state index contributed by atoms with van der Waals surface area (Å²) in [6, 6.07) is 16.4. The number of nitrogens with zero attached hydrogens (tertiary/aromatic N) is 7. The zero-order valence-electron chi connectivity index (χ0n) is 23.3. The van der Waals surface area contributed by atoms with E-state index in [2.05, 4.69) is 79.6 Å². The molecule has 0 bridgehead atoms. The standard InChI is InChI=1S/C28H32N8O4/c1-16(2)26-29-23-24(28(40-18(4)38-6)33-32-27(23)39-17(3)37-5)36(26)15-19-11-13-20(14-12-19)21-9-7-8-10-22(21)25-30-34-35-31-25/h7-14,16-18H,15H2,1-6H3,(H,30,31,34,35). The van der Waals surface area contributed by atoms with Crippen molar-refractivity contribution < 1.29 is 18.9 Å². The van der Waals surface area contributed by atoms with E-state index in [-0.39, 0.29) is 11.8 Å². The zero-order valence-corrected chi connectivity index (χ0v) is 23.3. The van der Waals surface area contributed by atoms with Gasteiger partial charge in [-0.25, -0.2) is 10.1 Å². The Labute approximate surface area is 231 Å². The normalized spacial score (nSPS) is 13.1. The first-order chi connectivity index (χ1) is 19.4. The van der Waals surface area contributed by atoms with Crippen molar-refractivity contribution in [3.63, 3.8) is 0 Å². The second kappa shape index (κ2) is 11.8. The molecule has 0 aliphatic rings. The fraction of sp³-hybridized carbons (Fsp3) is 0.357. The van der Waals surface area contributed by atoms with E-state index in [4.69, 9.17) is 23.9 Å². The van der Waals surface area contributed by atoms with Crippen LogP contribution in [-0.4, -0.2) is 67.2 Å². The van der Waals surface area contributed by atoms with E-state index < -0.39 is 12.6 Å². The molecule has 0 fully saturated rings. The number of fused-ring (bicyclic) bond motifs is 1. The lowest BCUT2D eigenvalue weighted by Crippen LogP contribution is -2.18. The molecule has 0 radical (unpaired) electrons. The van der Waals surface area contributed by atoms with Gasteiger partial charge in [-0.05, 0) is 41.0 Å². The summed E-state index contributed by atoms with van der Waals surface area (Å²) in [6.07, 6.45) is -1.06. The third kappa shape index (κ3) is 5.49. The molecule has 0 aliphatic heterocycles. The van der Waals surface area contributed by atoms with Crippen molar-refractivity contribution in [3.05, 3.63) is 59.9 Å². The molecule has 0 spiro atoms. The molecule has 12 heteroatoms. The number of ether oxygens (including phenoxy) is 4. The van der Waals surface area contributed by atoms with Gasteiger partial charge in [-0.2, -0.15) is 0 Å².